The number of carbonyl (C=O) groups excluding carboxylic acids is 2. The van der Waals surface area contributed by atoms with Gasteiger partial charge in [0.15, 0.2) is 0 Å². The maximum Gasteiger partial charge on any atom is 0.338 e. The summed E-state index contributed by atoms with van der Waals surface area (Å²) in [5, 5.41) is 0. The smallest absolute Gasteiger partial charge is 0.338 e. The average molecular weight is 545 g/mol. The van der Waals surface area contributed by atoms with Crippen LogP contribution in [0.1, 0.15) is 73.4 Å². The van der Waals surface area contributed by atoms with Gasteiger partial charge in [-0.3, -0.25) is 0 Å². The van der Waals surface area contributed by atoms with E-state index in [2.05, 4.69) is 6.92 Å². The first-order chi connectivity index (χ1) is 19.4. The fourth-order valence-corrected chi connectivity index (χ4v) is 4.06. The summed E-state index contributed by atoms with van der Waals surface area (Å²) >= 11 is 0. The van der Waals surface area contributed by atoms with Crippen LogP contribution in [-0.2, 0) is 16.0 Å². The lowest BCUT2D eigenvalue weighted by molar-refractivity contribution is -0.128. The summed E-state index contributed by atoms with van der Waals surface area (Å²) in [6.45, 7) is 3.17. The summed E-state index contributed by atoms with van der Waals surface area (Å²) in [6, 6.07) is 20.0. The van der Waals surface area contributed by atoms with Crippen molar-refractivity contribution >= 4 is 29.4 Å². The van der Waals surface area contributed by atoms with E-state index < -0.39 is 11.9 Å². The molecule has 3 rings (SSSR count). The predicted molar refractivity (Wildman–Crippen MR) is 160 cm³/mol. The maximum absolute atomic E-state index is 12.1. The van der Waals surface area contributed by atoms with Crippen molar-refractivity contribution in [2.75, 3.05) is 24.7 Å². The van der Waals surface area contributed by atoms with Gasteiger partial charge in [-0.05, 0) is 85.4 Å². The molecule has 7 nitrogen and oxygen atoms in total. The van der Waals surface area contributed by atoms with Gasteiger partial charge in [0, 0.05) is 17.5 Å². The summed E-state index contributed by atoms with van der Waals surface area (Å²) in [7, 11) is 0. The zero-order valence-electron chi connectivity index (χ0n) is 23.3. The fourth-order valence-electron chi connectivity index (χ4n) is 4.06. The quantitative estimate of drug-likeness (QED) is 0.0656. The van der Waals surface area contributed by atoms with Gasteiger partial charge < -0.3 is 25.7 Å². The van der Waals surface area contributed by atoms with Crippen molar-refractivity contribution in [3.63, 3.8) is 0 Å². The molecule has 0 spiro atoms. The molecule has 0 radical (unpaired) electrons. The second-order valence-corrected chi connectivity index (χ2v) is 9.71. The zero-order valence-corrected chi connectivity index (χ0v) is 23.3. The molecule has 4 N–H and O–H groups in total. The van der Waals surface area contributed by atoms with Gasteiger partial charge in [0.1, 0.15) is 11.5 Å². The molecule has 3 aromatic rings. The Hall–Kier alpha value is -4.26. The van der Waals surface area contributed by atoms with Crippen molar-refractivity contribution in [3.05, 3.63) is 89.5 Å². The molecular weight excluding hydrogens is 504 g/mol. The number of carbonyl (C=O) groups is 2. The number of unbranched alkanes of at least 4 members (excludes halogenated alkanes) is 5. The maximum atomic E-state index is 12.1. The minimum Gasteiger partial charge on any atom is -0.494 e. The SMILES string of the molecule is CCCCc1ccc(OC(=O)/C=C/c2ccc(OCCCCCCCOC(=O)c3cc(N)cc(N)c3)cc2)cc1. The van der Waals surface area contributed by atoms with Gasteiger partial charge in [-0.2, -0.15) is 0 Å². The molecular formula is C33H40N2O5. The molecule has 0 aliphatic heterocycles. The average Bonchev–Trinajstić information content (AvgIpc) is 2.95. The van der Waals surface area contributed by atoms with Crippen molar-refractivity contribution < 1.29 is 23.8 Å². The highest BCUT2D eigenvalue weighted by Gasteiger charge is 2.08. The lowest BCUT2D eigenvalue weighted by Crippen LogP contribution is -2.08. The van der Waals surface area contributed by atoms with Crippen LogP contribution in [0.5, 0.6) is 11.5 Å². The predicted octanol–water partition coefficient (Wildman–Crippen LogP) is 7.00. The molecule has 3 aromatic carbocycles. The molecule has 0 atom stereocenters. The summed E-state index contributed by atoms with van der Waals surface area (Å²) in [6.07, 6.45) is 11.3. The number of nitrogens with two attached hydrogens (primary N) is 2. The summed E-state index contributed by atoms with van der Waals surface area (Å²) in [5.74, 6) is 0.516. The second kappa shape index (κ2) is 16.6. The van der Waals surface area contributed by atoms with Gasteiger partial charge >= 0.3 is 11.9 Å². The number of ether oxygens (including phenoxy) is 3. The number of nitrogen functional groups attached to an aromatic ring is 2. The summed E-state index contributed by atoms with van der Waals surface area (Å²) in [5.41, 5.74) is 14.8. The van der Waals surface area contributed by atoms with Crippen LogP contribution in [0.15, 0.2) is 72.8 Å². The second-order valence-electron chi connectivity index (χ2n) is 9.71. The van der Waals surface area contributed by atoms with Crippen molar-refractivity contribution in [3.8, 4) is 11.5 Å². The molecule has 0 saturated carbocycles. The zero-order chi connectivity index (χ0) is 28.6. The first-order valence-electron chi connectivity index (χ1n) is 14.0. The Morgan fingerprint density at radius 2 is 1.38 bits per heavy atom. The molecule has 0 aliphatic carbocycles. The van der Waals surface area contributed by atoms with Crippen LogP contribution >= 0.6 is 0 Å². The Morgan fingerprint density at radius 1 is 0.750 bits per heavy atom. The van der Waals surface area contributed by atoms with Crippen LogP contribution in [-0.4, -0.2) is 25.2 Å². The summed E-state index contributed by atoms with van der Waals surface area (Å²) < 4.78 is 16.5. The molecule has 0 aliphatic rings. The minimum atomic E-state index is -0.411. The van der Waals surface area contributed by atoms with E-state index in [1.165, 1.54) is 11.6 Å². The Kier molecular flexibility index (Phi) is 12.6. The van der Waals surface area contributed by atoms with Crippen LogP contribution in [0.2, 0.25) is 0 Å². The molecule has 0 fully saturated rings. The van der Waals surface area contributed by atoms with Crippen LogP contribution in [0, 0.1) is 0 Å². The van der Waals surface area contributed by atoms with Crippen molar-refractivity contribution in [2.24, 2.45) is 0 Å². The van der Waals surface area contributed by atoms with Crippen LogP contribution in [0.25, 0.3) is 6.08 Å². The molecule has 40 heavy (non-hydrogen) atoms. The van der Waals surface area contributed by atoms with E-state index in [4.69, 9.17) is 25.7 Å². The number of esters is 2. The Labute approximate surface area is 237 Å². The van der Waals surface area contributed by atoms with Crippen molar-refractivity contribution in [1.29, 1.82) is 0 Å². The Balaban J connectivity index is 1.24. The highest BCUT2D eigenvalue weighted by Crippen LogP contribution is 2.17. The van der Waals surface area contributed by atoms with E-state index in [0.29, 0.717) is 35.9 Å². The normalized spacial score (nSPS) is 10.9. The van der Waals surface area contributed by atoms with Crippen LogP contribution < -0.4 is 20.9 Å². The highest BCUT2D eigenvalue weighted by atomic mass is 16.5. The molecule has 212 valence electrons. The topological polar surface area (TPSA) is 114 Å². The van der Waals surface area contributed by atoms with E-state index >= 15 is 0 Å². The molecule has 7 heteroatoms. The number of anilines is 2. The van der Waals surface area contributed by atoms with Gasteiger partial charge in [0.25, 0.3) is 0 Å². The Bertz CT molecular complexity index is 1220. The van der Waals surface area contributed by atoms with Gasteiger partial charge in [0.2, 0.25) is 0 Å². The van der Waals surface area contributed by atoms with Crippen molar-refractivity contribution in [1.82, 2.24) is 0 Å². The van der Waals surface area contributed by atoms with Crippen LogP contribution in [0.4, 0.5) is 11.4 Å². The van der Waals surface area contributed by atoms with Gasteiger partial charge in [-0.1, -0.05) is 56.9 Å². The van der Waals surface area contributed by atoms with E-state index in [0.717, 1.165) is 62.7 Å². The fraction of sp³-hybridized carbons (Fsp3) is 0.333. The lowest BCUT2D eigenvalue weighted by atomic mass is 10.1. The number of hydrogen-bond donors (Lipinski definition) is 2. The number of benzene rings is 3. The van der Waals surface area contributed by atoms with Crippen molar-refractivity contribution in [2.45, 2.75) is 58.3 Å². The van der Waals surface area contributed by atoms with Gasteiger partial charge in [-0.15, -0.1) is 0 Å². The van der Waals surface area contributed by atoms with E-state index in [-0.39, 0.29) is 0 Å². The third-order valence-corrected chi connectivity index (χ3v) is 6.26. The third-order valence-electron chi connectivity index (χ3n) is 6.26. The molecule has 0 heterocycles. The number of aryl methyl sites for hydroxylation is 1. The van der Waals surface area contributed by atoms with E-state index in [9.17, 15) is 9.59 Å². The number of hydrogen-bond acceptors (Lipinski definition) is 7. The number of rotatable bonds is 16. The third kappa shape index (κ3) is 11.2. The largest absolute Gasteiger partial charge is 0.494 e. The standard InChI is InChI=1S/C33H40N2O5/c1-2-3-9-25-12-17-31(18-13-25)40-32(36)19-14-26-10-15-30(16-11-26)38-20-7-5-4-6-8-21-39-33(37)27-22-28(34)24-29(35)23-27/h10-19,22-24H,2-9,20-21,34-35H2,1H3/b19-14+. The molecule has 0 aromatic heterocycles. The highest BCUT2D eigenvalue weighted by molar-refractivity contribution is 5.91. The molecule has 0 bridgehead atoms. The monoisotopic (exact) mass is 544 g/mol. The van der Waals surface area contributed by atoms with Gasteiger partial charge in [-0.25, -0.2) is 9.59 Å². The molecule has 0 saturated heterocycles. The molecule has 0 amide bonds. The summed E-state index contributed by atoms with van der Waals surface area (Å²) in [4.78, 5) is 24.2. The Morgan fingerprint density at radius 3 is 2.05 bits per heavy atom. The van der Waals surface area contributed by atoms with E-state index in [1.54, 1.807) is 24.3 Å². The van der Waals surface area contributed by atoms with Crippen LogP contribution in [0.3, 0.4) is 0 Å². The molecule has 0 unspecified atom stereocenters. The van der Waals surface area contributed by atoms with Gasteiger partial charge in [0.05, 0.1) is 18.8 Å². The minimum absolute atomic E-state index is 0.370. The first-order valence-corrected chi connectivity index (χ1v) is 14.0. The first kappa shape index (κ1) is 30.3. The lowest BCUT2D eigenvalue weighted by Gasteiger charge is -2.08. The van der Waals surface area contributed by atoms with E-state index in [1.807, 2.05) is 48.5 Å².